The molecule has 0 aromatic heterocycles. The highest BCUT2D eigenvalue weighted by Crippen LogP contribution is 2.26. The fraction of sp³-hybridized carbons (Fsp3) is 0.944. The van der Waals surface area contributed by atoms with Gasteiger partial charge in [0.2, 0.25) is 0 Å². The Hall–Kier alpha value is -0.340. The lowest BCUT2D eigenvalue weighted by atomic mass is 10.0. The molecule has 0 aromatic carbocycles. The Morgan fingerprint density at radius 1 is 0.605 bits per heavy atom. The summed E-state index contributed by atoms with van der Waals surface area (Å²) in [6, 6.07) is 0. The summed E-state index contributed by atoms with van der Waals surface area (Å²) < 4.78 is 18.0. The minimum absolute atomic E-state index is 0.270. The summed E-state index contributed by atoms with van der Waals surface area (Å²) in [5.41, 5.74) is 0. The molecule has 0 bridgehead atoms. The predicted octanol–water partition coefficient (Wildman–Crippen LogP) is 10.3. The van der Waals surface area contributed by atoms with Crippen LogP contribution >= 0.6 is 24.4 Å². The van der Waals surface area contributed by atoms with Crippen molar-refractivity contribution in [2.24, 2.45) is 0 Å². The van der Waals surface area contributed by atoms with E-state index in [1.54, 1.807) is 0 Å². The summed E-state index contributed by atoms with van der Waals surface area (Å²) in [6.07, 6.45) is 30.0. The molecule has 7 heteroatoms. The van der Waals surface area contributed by atoms with Crippen LogP contribution in [0.15, 0.2) is 0 Å². The first-order valence-electron chi connectivity index (χ1n) is 18.3. The van der Waals surface area contributed by atoms with Crippen LogP contribution < -0.4 is 0 Å². The zero-order valence-corrected chi connectivity index (χ0v) is 29.7. The van der Waals surface area contributed by atoms with Crippen molar-refractivity contribution < 1.29 is 24.4 Å². The number of hydrogen-bond acceptors (Lipinski definition) is 7. The van der Waals surface area contributed by atoms with Gasteiger partial charge in [-0.2, -0.15) is 0 Å². The molecule has 0 radical (unpaired) electrons. The second-order valence-corrected chi connectivity index (χ2v) is 13.7. The van der Waals surface area contributed by atoms with E-state index in [4.69, 9.17) is 38.6 Å². The van der Waals surface area contributed by atoms with E-state index < -0.39 is 31.0 Å². The smallest absolute Gasteiger partial charge is 0.167 e. The molecule has 1 heterocycles. The lowest BCUT2D eigenvalue weighted by molar-refractivity contribution is -0.0639. The van der Waals surface area contributed by atoms with Gasteiger partial charge in [0.05, 0.1) is 13.2 Å². The fourth-order valence-electron chi connectivity index (χ4n) is 5.94. The molecular formula is C36H68O5S2. The molecule has 1 aliphatic rings. The molecule has 0 aliphatic carbocycles. The van der Waals surface area contributed by atoms with Gasteiger partial charge in [-0.3, -0.25) is 0 Å². The number of ether oxygens (including phenoxy) is 3. The Labute approximate surface area is 276 Å². The maximum absolute atomic E-state index is 10.3. The van der Waals surface area contributed by atoms with Crippen LogP contribution in [-0.2, 0) is 14.2 Å². The van der Waals surface area contributed by atoms with Crippen molar-refractivity contribution in [2.45, 2.75) is 205 Å². The molecular weight excluding hydrogens is 577 g/mol. The van der Waals surface area contributed by atoms with E-state index in [9.17, 15) is 10.2 Å². The zero-order valence-electron chi connectivity index (χ0n) is 28.0. The second-order valence-electron chi connectivity index (χ2n) is 12.8. The van der Waals surface area contributed by atoms with Gasteiger partial charge >= 0.3 is 0 Å². The van der Waals surface area contributed by atoms with Crippen LogP contribution in [0.5, 0.6) is 0 Å². The molecule has 254 valence electrons. The van der Waals surface area contributed by atoms with E-state index in [1.165, 1.54) is 128 Å². The summed E-state index contributed by atoms with van der Waals surface area (Å²) >= 11 is 11.1. The number of unbranched alkanes of at least 4 members (excludes halogenated alkanes) is 22. The van der Waals surface area contributed by atoms with Crippen molar-refractivity contribution in [1.29, 1.82) is 0 Å². The maximum Gasteiger partial charge on any atom is 0.167 e. The van der Waals surface area contributed by atoms with Gasteiger partial charge in [0.1, 0.15) is 12.2 Å². The highest BCUT2D eigenvalue weighted by Gasteiger charge is 2.45. The summed E-state index contributed by atoms with van der Waals surface area (Å²) in [4.78, 5) is 0. The Kier molecular flexibility index (Phi) is 27.5. The van der Waals surface area contributed by atoms with Crippen LogP contribution in [0.25, 0.3) is 0 Å². The molecule has 43 heavy (non-hydrogen) atoms. The Bertz CT molecular complexity index is 662. The van der Waals surface area contributed by atoms with Crippen LogP contribution in [0.3, 0.4) is 0 Å². The van der Waals surface area contributed by atoms with Crippen LogP contribution in [0.1, 0.15) is 181 Å². The van der Waals surface area contributed by atoms with Crippen molar-refractivity contribution in [3.05, 3.63) is 0 Å². The van der Waals surface area contributed by atoms with Crippen LogP contribution in [0.4, 0.5) is 0 Å². The molecule has 1 aliphatic heterocycles. The molecule has 1 fully saturated rings. The van der Waals surface area contributed by atoms with Crippen molar-refractivity contribution in [2.75, 3.05) is 13.2 Å². The Morgan fingerprint density at radius 2 is 0.953 bits per heavy atom. The van der Waals surface area contributed by atoms with Crippen molar-refractivity contribution in [3.63, 3.8) is 0 Å². The average Bonchev–Trinajstić information content (AvgIpc) is 3.39. The zero-order chi connectivity index (χ0) is 31.4. The average molecular weight is 645 g/mol. The summed E-state index contributed by atoms with van der Waals surface area (Å²) in [7, 11) is 0. The van der Waals surface area contributed by atoms with E-state index in [0.29, 0.717) is 16.5 Å². The summed E-state index contributed by atoms with van der Waals surface area (Å²) in [5, 5.41) is 21.0. The van der Waals surface area contributed by atoms with Crippen molar-refractivity contribution >= 4 is 34.5 Å². The van der Waals surface area contributed by atoms with E-state index in [1.807, 2.05) is 0 Å². The van der Waals surface area contributed by atoms with Gasteiger partial charge in [-0.25, -0.2) is 0 Å². The quantitative estimate of drug-likeness (QED) is 0.0596. The molecule has 2 N–H and O–H groups in total. The van der Waals surface area contributed by atoms with Gasteiger partial charge < -0.3 is 24.4 Å². The molecule has 0 unspecified atom stereocenters. The van der Waals surface area contributed by atoms with Gasteiger partial charge in [0.15, 0.2) is 22.3 Å². The van der Waals surface area contributed by atoms with Gasteiger partial charge in [0.25, 0.3) is 0 Å². The van der Waals surface area contributed by atoms with Crippen molar-refractivity contribution in [1.82, 2.24) is 0 Å². The molecule has 4 atom stereocenters. The Balaban J connectivity index is 2.20. The normalized spacial score (nSPS) is 19.0. The predicted molar refractivity (Wildman–Crippen MR) is 189 cm³/mol. The maximum atomic E-state index is 10.3. The molecule has 5 nitrogen and oxygen atoms in total. The standard InChI is InChI=1S/C36H68O5S2/c1-3-5-7-9-11-13-15-17-19-21-23-25-27-33(42)40-32-30-39-35(31(38)29-37)36(32)41-34(43)28-26-24-22-20-18-16-14-12-10-8-6-4-2/h31-32,35-38H,3-30H2,1-2H3/t31-,32+,35-,36-/m1/s1. The Morgan fingerprint density at radius 3 is 1.33 bits per heavy atom. The molecule has 0 aromatic rings. The lowest BCUT2D eigenvalue weighted by Gasteiger charge is -2.27. The third-order valence-corrected chi connectivity index (χ3v) is 9.33. The highest BCUT2D eigenvalue weighted by atomic mass is 32.1. The minimum atomic E-state index is -1.04. The van der Waals surface area contributed by atoms with E-state index in [-0.39, 0.29) is 6.61 Å². The lowest BCUT2D eigenvalue weighted by Crippen LogP contribution is -2.44. The fourth-order valence-corrected chi connectivity index (χ4v) is 6.47. The van der Waals surface area contributed by atoms with Crippen LogP contribution in [-0.4, -0.2) is 57.9 Å². The van der Waals surface area contributed by atoms with E-state index >= 15 is 0 Å². The van der Waals surface area contributed by atoms with E-state index in [2.05, 4.69) is 13.8 Å². The highest BCUT2D eigenvalue weighted by molar-refractivity contribution is 7.80. The van der Waals surface area contributed by atoms with Gasteiger partial charge in [0, 0.05) is 12.8 Å². The van der Waals surface area contributed by atoms with Gasteiger partial charge in [-0.1, -0.05) is 155 Å². The number of rotatable bonds is 30. The monoisotopic (exact) mass is 644 g/mol. The van der Waals surface area contributed by atoms with Gasteiger partial charge in [-0.15, -0.1) is 0 Å². The first kappa shape index (κ1) is 40.7. The molecule has 0 spiro atoms. The third-order valence-electron chi connectivity index (χ3n) is 8.73. The van der Waals surface area contributed by atoms with Crippen LogP contribution in [0.2, 0.25) is 0 Å². The number of aliphatic hydroxyl groups is 2. The third kappa shape index (κ3) is 21.9. The van der Waals surface area contributed by atoms with Crippen LogP contribution in [0, 0.1) is 0 Å². The number of hydrogen-bond donors (Lipinski definition) is 2. The first-order valence-corrected chi connectivity index (χ1v) is 19.1. The minimum Gasteiger partial charge on any atom is -0.477 e. The SMILES string of the molecule is CCCCCCCCCCCCCCC(=S)O[C@H]1[C@@H]([C@H](O)CO)OC[C@@H]1OC(=S)CCCCCCCCCCCCCC. The topological polar surface area (TPSA) is 68.2 Å². The number of aliphatic hydroxyl groups excluding tert-OH is 2. The van der Waals surface area contributed by atoms with Gasteiger partial charge in [-0.05, 0) is 37.3 Å². The summed E-state index contributed by atoms with van der Waals surface area (Å²) in [6.45, 7) is 4.41. The number of thiocarbonyl (C=S) groups is 2. The van der Waals surface area contributed by atoms with Crippen molar-refractivity contribution in [3.8, 4) is 0 Å². The molecule has 1 saturated heterocycles. The molecule has 0 amide bonds. The summed E-state index contributed by atoms with van der Waals surface area (Å²) in [5.74, 6) is 0. The largest absolute Gasteiger partial charge is 0.477 e. The first-order chi connectivity index (χ1) is 21.0. The van der Waals surface area contributed by atoms with E-state index in [0.717, 1.165) is 32.1 Å². The second kappa shape index (κ2) is 29.1. The molecule has 0 saturated carbocycles. The molecule has 1 rings (SSSR count).